The quantitative estimate of drug-likeness (QED) is 0.830. The minimum atomic E-state index is 0.754. The third-order valence-electron chi connectivity index (χ3n) is 3.02. The van der Waals surface area contributed by atoms with E-state index in [-0.39, 0.29) is 0 Å². The molecule has 0 aliphatic carbocycles. The van der Waals surface area contributed by atoms with Crippen molar-refractivity contribution in [3.05, 3.63) is 60.7 Å². The molecule has 0 atom stereocenters. The fourth-order valence-corrected chi connectivity index (χ4v) is 2.64. The van der Waals surface area contributed by atoms with Gasteiger partial charge in [0.25, 0.3) is 0 Å². The van der Waals surface area contributed by atoms with Crippen LogP contribution in [0.15, 0.2) is 65.8 Å². The van der Waals surface area contributed by atoms with Crippen molar-refractivity contribution < 1.29 is 0 Å². The van der Waals surface area contributed by atoms with Gasteiger partial charge >= 0.3 is 0 Å². The molecule has 0 unspecified atom stereocenters. The molecule has 0 N–H and O–H groups in total. The van der Waals surface area contributed by atoms with Crippen molar-refractivity contribution in [2.24, 2.45) is 5.10 Å². The summed E-state index contributed by atoms with van der Waals surface area (Å²) in [4.78, 5) is 2.22. The summed E-state index contributed by atoms with van der Waals surface area (Å²) in [6.45, 7) is 0.754. The van der Waals surface area contributed by atoms with Gasteiger partial charge in [-0.25, -0.2) is 5.01 Å². The zero-order valence-electron chi connectivity index (χ0n) is 10.7. The number of benzene rings is 2. The molecule has 0 radical (unpaired) electrons. The van der Waals surface area contributed by atoms with Gasteiger partial charge in [-0.2, -0.15) is 0 Å². The second-order valence-electron chi connectivity index (χ2n) is 4.23. The van der Waals surface area contributed by atoms with Crippen LogP contribution in [0.1, 0.15) is 0 Å². The van der Waals surface area contributed by atoms with Crippen molar-refractivity contribution in [3.8, 4) is 0 Å². The Morgan fingerprint density at radius 3 is 2.05 bits per heavy atom. The van der Waals surface area contributed by atoms with Gasteiger partial charge in [-0.3, -0.25) is 4.90 Å². The van der Waals surface area contributed by atoms with Crippen molar-refractivity contribution in [1.29, 1.82) is 0 Å². The number of hydrogen-bond acceptors (Lipinski definition) is 4. The largest absolute Gasteiger partial charge is 0.299 e. The lowest BCUT2D eigenvalue weighted by Gasteiger charge is -2.20. The summed E-state index contributed by atoms with van der Waals surface area (Å²) in [6.07, 6.45) is 2.06. The van der Waals surface area contributed by atoms with E-state index < -0.39 is 0 Å². The Hall–Kier alpha value is -1.94. The molecule has 0 spiro atoms. The first-order valence-electron chi connectivity index (χ1n) is 6.16. The highest BCUT2D eigenvalue weighted by molar-refractivity contribution is 8.13. The Kier molecular flexibility index (Phi) is 3.42. The maximum absolute atomic E-state index is 4.67. The maximum atomic E-state index is 4.67. The number of amidine groups is 1. The second kappa shape index (κ2) is 5.36. The molecule has 2 aromatic rings. The van der Waals surface area contributed by atoms with Crippen LogP contribution in [0.2, 0.25) is 0 Å². The molecule has 0 bridgehead atoms. The van der Waals surface area contributed by atoms with Crippen molar-refractivity contribution >= 4 is 28.3 Å². The van der Waals surface area contributed by atoms with Crippen LogP contribution in [0.25, 0.3) is 0 Å². The van der Waals surface area contributed by atoms with Crippen molar-refractivity contribution in [1.82, 2.24) is 0 Å². The van der Waals surface area contributed by atoms with Crippen LogP contribution in [-0.2, 0) is 0 Å². The predicted molar refractivity (Wildman–Crippen MR) is 83.7 cm³/mol. The van der Waals surface area contributed by atoms with Gasteiger partial charge in [0.05, 0.1) is 5.69 Å². The van der Waals surface area contributed by atoms with Crippen LogP contribution >= 0.6 is 11.8 Å². The Balaban J connectivity index is 1.89. The number of hydrazone groups is 1. The third kappa shape index (κ3) is 2.44. The zero-order chi connectivity index (χ0) is 13.1. The summed E-state index contributed by atoms with van der Waals surface area (Å²) in [5.74, 6) is 0. The Bertz CT molecular complexity index is 568. The number of hydrogen-bond donors (Lipinski definition) is 0. The smallest absolute Gasteiger partial charge is 0.189 e. The van der Waals surface area contributed by atoms with E-state index in [1.165, 1.54) is 5.69 Å². The number of nitrogens with zero attached hydrogens (tertiary/aromatic N) is 3. The molecule has 96 valence electrons. The van der Waals surface area contributed by atoms with Crippen LogP contribution in [0.3, 0.4) is 0 Å². The molecule has 3 rings (SSSR count). The fraction of sp³-hybridized carbons (Fsp3) is 0.133. The molecule has 3 nitrogen and oxygen atoms in total. The molecule has 1 aliphatic heterocycles. The second-order valence-corrected chi connectivity index (χ2v) is 5.00. The topological polar surface area (TPSA) is 18.8 Å². The van der Waals surface area contributed by atoms with Crippen LogP contribution in [-0.4, -0.2) is 18.1 Å². The molecule has 0 amide bonds. The summed E-state index contributed by atoms with van der Waals surface area (Å²) >= 11 is 1.67. The van der Waals surface area contributed by atoms with E-state index in [2.05, 4.69) is 52.7 Å². The highest BCUT2D eigenvalue weighted by Gasteiger charge is 2.24. The van der Waals surface area contributed by atoms with Crippen molar-refractivity contribution in [2.75, 3.05) is 22.8 Å². The van der Waals surface area contributed by atoms with Gasteiger partial charge in [-0.1, -0.05) is 48.2 Å². The molecule has 2 aromatic carbocycles. The Morgan fingerprint density at radius 1 is 0.895 bits per heavy atom. The first-order chi connectivity index (χ1) is 9.38. The summed E-state index contributed by atoms with van der Waals surface area (Å²) in [5, 5.41) is 7.72. The van der Waals surface area contributed by atoms with E-state index in [1.807, 2.05) is 29.3 Å². The Morgan fingerprint density at radius 2 is 1.47 bits per heavy atom. The molecule has 4 heteroatoms. The molecular formula is C15H15N3S. The van der Waals surface area contributed by atoms with Gasteiger partial charge in [0.15, 0.2) is 5.17 Å². The molecule has 0 aromatic heterocycles. The number of rotatable bonds is 2. The van der Waals surface area contributed by atoms with Crippen LogP contribution < -0.4 is 9.91 Å². The normalized spacial score (nSPS) is 14.7. The lowest BCUT2D eigenvalue weighted by molar-refractivity contribution is 0.912. The van der Waals surface area contributed by atoms with Crippen LogP contribution in [0, 0.1) is 0 Å². The van der Waals surface area contributed by atoms with Gasteiger partial charge in [0.2, 0.25) is 0 Å². The lowest BCUT2D eigenvalue weighted by Crippen LogP contribution is -2.29. The van der Waals surface area contributed by atoms with Gasteiger partial charge < -0.3 is 0 Å². The number of para-hydroxylation sites is 2. The monoisotopic (exact) mass is 269 g/mol. The summed E-state index contributed by atoms with van der Waals surface area (Å²) in [5.41, 5.74) is 2.29. The Labute approximate surface area is 117 Å². The molecule has 0 saturated carbocycles. The number of anilines is 2. The molecule has 0 saturated heterocycles. The lowest BCUT2D eigenvalue weighted by atomic mass is 10.3. The maximum Gasteiger partial charge on any atom is 0.189 e. The molecular weight excluding hydrogens is 254 g/mol. The average molecular weight is 269 g/mol. The predicted octanol–water partition coefficient (Wildman–Crippen LogP) is 3.60. The third-order valence-corrected chi connectivity index (χ3v) is 3.68. The molecule has 1 aliphatic rings. The van der Waals surface area contributed by atoms with E-state index in [0.717, 1.165) is 17.5 Å². The number of thioether (sulfide) groups is 1. The zero-order valence-corrected chi connectivity index (χ0v) is 11.5. The highest BCUT2D eigenvalue weighted by Crippen LogP contribution is 2.27. The van der Waals surface area contributed by atoms with E-state index in [4.69, 9.17) is 0 Å². The van der Waals surface area contributed by atoms with Gasteiger partial charge in [0, 0.05) is 5.69 Å². The first-order valence-corrected chi connectivity index (χ1v) is 7.39. The standard InChI is InChI=1S/C15H15N3S/c1-19-15-16-18(14-10-6-3-7-11-14)12-17(15)13-8-4-2-5-9-13/h2-11H,12H2,1H3. The first kappa shape index (κ1) is 12.1. The van der Waals surface area contributed by atoms with Crippen LogP contribution in [0.4, 0.5) is 11.4 Å². The van der Waals surface area contributed by atoms with Crippen molar-refractivity contribution in [2.45, 2.75) is 0 Å². The minimum absolute atomic E-state index is 0.754. The minimum Gasteiger partial charge on any atom is -0.299 e. The van der Waals surface area contributed by atoms with E-state index in [0.29, 0.717) is 0 Å². The van der Waals surface area contributed by atoms with E-state index >= 15 is 0 Å². The highest BCUT2D eigenvalue weighted by atomic mass is 32.2. The van der Waals surface area contributed by atoms with Crippen molar-refractivity contribution in [3.63, 3.8) is 0 Å². The van der Waals surface area contributed by atoms with Gasteiger partial charge in [-0.15, -0.1) is 5.10 Å². The van der Waals surface area contributed by atoms with E-state index in [9.17, 15) is 0 Å². The average Bonchev–Trinajstić information content (AvgIpc) is 2.93. The molecule has 1 heterocycles. The summed E-state index contributed by atoms with van der Waals surface area (Å²) in [7, 11) is 0. The van der Waals surface area contributed by atoms with Gasteiger partial charge in [-0.05, 0) is 30.5 Å². The van der Waals surface area contributed by atoms with E-state index in [1.54, 1.807) is 11.8 Å². The van der Waals surface area contributed by atoms with Crippen LogP contribution in [0.5, 0.6) is 0 Å². The van der Waals surface area contributed by atoms with Gasteiger partial charge in [0.1, 0.15) is 6.67 Å². The molecule has 19 heavy (non-hydrogen) atoms. The SMILES string of the molecule is CSC1=NN(c2ccccc2)CN1c1ccccc1. The molecule has 0 fully saturated rings. The fourth-order valence-electron chi connectivity index (χ4n) is 2.07. The summed E-state index contributed by atoms with van der Waals surface area (Å²) in [6, 6.07) is 20.6. The summed E-state index contributed by atoms with van der Waals surface area (Å²) < 4.78 is 0.